The van der Waals surface area contributed by atoms with Gasteiger partial charge in [0.2, 0.25) is 5.91 Å². The van der Waals surface area contributed by atoms with Crippen LogP contribution in [0.5, 0.6) is 0 Å². The van der Waals surface area contributed by atoms with Crippen LogP contribution >= 0.6 is 0 Å². The number of pyridine rings is 1. The zero-order valence-corrected chi connectivity index (χ0v) is 14.9. The molecule has 0 unspecified atom stereocenters. The summed E-state index contributed by atoms with van der Waals surface area (Å²) >= 11 is 0. The van der Waals surface area contributed by atoms with E-state index in [4.69, 9.17) is 4.74 Å². The van der Waals surface area contributed by atoms with E-state index in [1.807, 2.05) is 25.2 Å². The fourth-order valence-corrected chi connectivity index (χ4v) is 3.53. The van der Waals surface area contributed by atoms with Gasteiger partial charge in [-0.05, 0) is 19.2 Å². The number of aliphatic hydroxyl groups excluding tert-OH is 1. The van der Waals surface area contributed by atoms with E-state index in [0.717, 1.165) is 25.3 Å². The van der Waals surface area contributed by atoms with Crippen LogP contribution in [0.15, 0.2) is 24.4 Å². The molecule has 3 heterocycles. The fourth-order valence-electron chi connectivity index (χ4n) is 3.53. The van der Waals surface area contributed by atoms with Crippen LogP contribution in [0.1, 0.15) is 12.1 Å². The van der Waals surface area contributed by atoms with Gasteiger partial charge in [-0.25, -0.2) is 0 Å². The predicted molar refractivity (Wildman–Crippen MR) is 94.0 cm³/mol. The molecule has 0 saturated carbocycles. The van der Waals surface area contributed by atoms with Crippen molar-refractivity contribution in [3.8, 4) is 0 Å². The van der Waals surface area contributed by atoms with Crippen LogP contribution in [0, 0.1) is 0 Å². The zero-order chi connectivity index (χ0) is 17.6. The summed E-state index contributed by atoms with van der Waals surface area (Å²) in [5, 5.41) is 10.3. The molecule has 0 spiro atoms. The second-order valence-electron chi connectivity index (χ2n) is 6.89. The van der Waals surface area contributed by atoms with Gasteiger partial charge >= 0.3 is 0 Å². The van der Waals surface area contributed by atoms with E-state index in [-0.39, 0.29) is 11.9 Å². The second kappa shape index (κ2) is 8.71. The standard InChI is InChI=1S/C18H28N4O3/c1-20(12-15-4-2-3-6-19-15)7-5-18(24)22-13-16(17(23)14-22)21-8-10-25-11-9-21/h2-4,6,16-17,23H,5,7-14H2,1H3/t16-,17-/m1/s1. The van der Waals surface area contributed by atoms with Gasteiger partial charge < -0.3 is 19.6 Å². The van der Waals surface area contributed by atoms with E-state index in [0.29, 0.717) is 39.3 Å². The number of hydrogen-bond donors (Lipinski definition) is 1. The van der Waals surface area contributed by atoms with Crippen LogP contribution in [0.4, 0.5) is 0 Å². The van der Waals surface area contributed by atoms with E-state index >= 15 is 0 Å². The Morgan fingerprint density at radius 3 is 2.88 bits per heavy atom. The van der Waals surface area contributed by atoms with Gasteiger partial charge in [0.1, 0.15) is 0 Å². The summed E-state index contributed by atoms with van der Waals surface area (Å²) in [6.45, 7) is 5.53. The van der Waals surface area contributed by atoms with Gasteiger partial charge in [-0.3, -0.25) is 14.7 Å². The van der Waals surface area contributed by atoms with Crippen molar-refractivity contribution < 1.29 is 14.6 Å². The van der Waals surface area contributed by atoms with Gasteiger partial charge in [0.15, 0.2) is 0 Å². The maximum Gasteiger partial charge on any atom is 0.224 e. The number of likely N-dealkylation sites (tertiary alicyclic amines) is 1. The van der Waals surface area contributed by atoms with Crippen molar-refractivity contribution in [3.05, 3.63) is 30.1 Å². The first-order valence-corrected chi connectivity index (χ1v) is 8.99. The Balaban J connectivity index is 1.43. The van der Waals surface area contributed by atoms with Crippen molar-refractivity contribution in [3.63, 3.8) is 0 Å². The molecule has 2 aliphatic heterocycles. The summed E-state index contributed by atoms with van der Waals surface area (Å²) in [5.41, 5.74) is 1.00. The van der Waals surface area contributed by atoms with Crippen molar-refractivity contribution in [1.29, 1.82) is 0 Å². The highest BCUT2D eigenvalue weighted by Crippen LogP contribution is 2.18. The number of nitrogens with zero attached hydrogens (tertiary/aromatic N) is 4. The number of rotatable bonds is 6. The Bertz CT molecular complexity index is 551. The van der Waals surface area contributed by atoms with Crippen LogP contribution in [-0.4, -0.2) is 95.8 Å². The number of aromatic nitrogens is 1. The molecule has 1 aromatic heterocycles. The molecule has 1 N–H and O–H groups in total. The first-order valence-electron chi connectivity index (χ1n) is 8.99. The van der Waals surface area contributed by atoms with E-state index in [1.165, 1.54) is 0 Å². The maximum atomic E-state index is 12.5. The summed E-state index contributed by atoms with van der Waals surface area (Å²) in [6, 6.07) is 5.90. The molecule has 2 atom stereocenters. The number of morpholine rings is 1. The van der Waals surface area contributed by atoms with Gasteiger partial charge in [-0.15, -0.1) is 0 Å². The monoisotopic (exact) mass is 348 g/mol. The molecule has 2 aliphatic rings. The Hall–Kier alpha value is -1.54. The molecule has 2 saturated heterocycles. The average molecular weight is 348 g/mol. The van der Waals surface area contributed by atoms with E-state index < -0.39 is 6.10 Å². The van der Waals surface area contributed by atoms with Crippen molar-refractivity contribution in [2.45, 2.75) is 25.1 Å². The van der Waals surface area contributed by atoms with Gasteiger partial charge in [0, 0.05) is 51.9 Å². The topological polar surface area (TPSA) is 69.1 Å². The zero-order valence-electron chi connectivity index (χ0n) is 14.9. The number of carbonyl (C=O) groups is 1. The van der Waals surface area contributed by atoms with Crippen molar-refractivity contribution in [2.24, 2.45) is 0 Å². The normalized spacial score (nSPS) is 24.8. The van der Waals surface area contributed by atoms with E-state index in [2.05, 4.69) is 14.8 Å². The largest absolute Gasteiger partial charge is 0.390 e. The number of β-amino-alcohol motifs (C(OH)–C–C–N with tert-alkyl or cyclic N) is 1. The minimum Gasteiger partial charge on any atom is -0.390 e. The number of aliphatic hydroxyl groups is 1. The molecular weight excluding hydrogens is 320 g/mol. The summed E-state index contributed by atoms with van der Waals surface area (Å²) in [7, 11) is 2.00. The molecule has 0 radical (unpaired) electrons. The van der Waals surface area contributed by atoms with Gasteiger partial charge in [-0.2, -0.15) is 0 Å². The third-order valence-corrected chi connectivity index (χ3v) is 4.99. The van der Waals surface area contributed by atoms with Gasteiger partial charge in [0.05, 0.1) is 31.1 Å². The molecule has 7 heteroatoms. The molecule has 25 heavy (non-hydrogen) atoms. The Labute approximate surface area is 149 Å². The molecule has 3 rings (SSSR count). The average Bonchev–Trinajstić information content (AvgIpc) is 3.03. The summed E-state index contributed by atoms with van der Waals surface area (Å²) in [6.07, 6.45) is 1.78. The second-order valence-corrected chi connectivity index (χ2v) is 6.89. The third kappa shape index (κ3) is 4.98. The molecule has 7 nitrogen and oxygen atoms in total. The smallest absolute Gasteiger partial charge is 0.224 e. The summed E-state index contributed by atoms with van der Waals surface area (Å²) < 4.78 is 5.37. The van der Waals surface area contributed by atoms with Crippen LogP contribution in [0.25, 0.3) is 0 Å². The fraction of sp³-hybridized carbons (Fsp3) is 0.667. The number of ether oxygens (including phenoxy) is 1. The molecule has 1 amide bonds. The number of hydrogen-bond acceptors (Lipinski definition) is 6. The number of amides is 1. The third-order valence-electron chi connectivity index (χ3n) is 4.99. The highest BCUT2D eigenvalue weighted by atomic mass is 16.5. The lowest BCUT2D eigenvalue weighted by Gasteiger charge is -2.33. The van der Waals surface area contributed by atoms with E-state index in [9.17, 15) is 9.90 Å². The molecule has 0 aromatic carbocycles. The SMILES string of the molecule is CN(CCC(=O)N1C[C@@H](O)[C@H](N2CCOCC2)C1)Cc1ccccn1. The molecule has 0 aliphatic carbocycles. The Kier molecular flexibility index (Phi) is 6.36. The van der Waals surface area contributed by atoms with Gasteiger partial charge in [0.25, 0.3) is 0 Å². The van der Waals surface area contributed by atoms with Crippen molar-refractivity contribution in [1.82, 2.24) is 19.7 Å². The first-order chi connectivity index (χ1) is 12.1. The van der Waals surface area contributed by atoms with Crippen molar-refractivity contribution >= 4 is 5.91 Å². The molecule has 2 fully saturated rings. The quantitative estimate of drug-likeness (QED) is 0.768. The lowest BCUT2D eigenvalue weighted by molar-refractivity contribution is -0.131. The lowest BCUT2D eigenvalue weighted by atomic mass is 10.1. The Morgan fingerprint density at radius 2 is 2.16 bits per heavy atom. The van der Waals surface area contributed by atoms with Crippen molar-refractivity contribution in [2.75, 3.05) is 53.0 Å². The Morgan fingerprint density at radius 1 is 1.36 bits per heavy atom. The first kappa shape index (κ1) is 18.3. The van der Waals surface area contributed by atoms with Crippen LogP contribution in [0.3, 0.4) is 0 Å². The molecule has 1 aromatic rings. The highest BCUT2D eigenvalue weighted by molar-refractivity contribution is 5.76. The van der Waals surface area contributed by atoms with Gasteiger partial charge in [-0.1, -0.05) is 6.07 Å². The van der Waals surface area contributed by atoms with Crippen LogP contribution in [-0.2, 0) is 16.1 Å². The molecule has 0 bridgehead atoms. The predicted octanol–water partition coefficient (Wildman–Crippen LogP) is -0.193. The lowest BCUT2D eigenvalue weighted by Crippen LogP contribution is -2.49. The summed E-state index contributed by atoms with van der Waals surface area (Å²) in [4.78, 5) is 23.0. The molecular formula is C18H28N4O3. The highest BCUT2D eigenvalue weighted by Gasteiger charge is 2.37. The summed E-state index contributed by atoms with van der Waals surface area (Å²) in [5.74, 6) is 0.114. The maximum absolute atomic E-state index is 12.5. The minimum absolute atomic E-state index is 0.0408. The molecule has 138 valence electrons. The van der Waals surface area contributed by atoms with Crippen LogP contribution < -0.4 is 0 Å². The van der Waals surface area contributed by atoms with Crippen LogP contribution in [0.2, 0.25) is 0 Å². The minimum atomic E-state index is -0.465. The van der Waals surface area contributed by atoms with E-state index in [1.54, 1.807) is 11.1 Å². The number of carbonyl (C=O) groups excluding carboxylic acids is 1.